The van der Waals surface area contributed by atoms with Crippen molar-refractivity contribution in [2.75, 3.05) is 0 Å². The number of hydrogen-bond donors (Lipinski definition) is 1. The van der Waals surface area contributed by atoms with Gasteiger partial charge < -0.3 is 10.1 Å². The molecule has 0 aliphatic rings. The summed E-state index contributed by atoms with van der Waals surface area (Å²) in [4.78, 5) is 12.4. The minimum atomic E-state index is -0.555. The van der Waals surface area contributed by atoms with Crippen LogP contribution in [0.2, 0.25) is 0 Å². The van der Waals surface area contributed by atoms with E-state index in [0.29, 0.717) is 12.3 Å². The number of rotatable bonds is 5. The highest BCUT2D eigenvalue weighted by molar-refractivity contribution is 5.86. The third kappa shape index (κ3) is 4.68. The average Bonchev–Trinajstić information content (AvgIpc) is 2.65. The largest absolute Gasteiger partial charge is 0.481 e. The zero-order valence-corrected chi connectivity index (χ0v) is 16.5. The Kier molecular flexibility index (Phi) is 5.50. The second kappa shape index (κ2) is 7.83. The van der Waals surface area contributed by atoms with Crippen LogP contribution in [0.5, 0.6) is 5.75 Å². The van der Waals surface area contributed by atoms with E-state index in [1.165, 1.54) is 10.9 Å². The molecule has 0 radical (unpaired) electrons. The molecule has 3 rings (SSSR count). The van der Waals surface area contributed by atoms with Crippen molar-refractivity contribution < 1.29 is 9.53 Å². The number of ether oxygens (including phenoxy) is 1. The Hall–Kier alpha value is -2.81. The lowest BCUT2D eigenvalue weighted by molar-refractivity contribution is -0.127. The first kappa shape index (κ1) is 19.0. The van der Waals surface area contributed by atoms with Gasteiger partial charge in [-0.25, -0.2) is 0 Å². The van der Waals surface area contributed by atoms with Crippen LogP contribution < -0.4 is 10.1 Å². The number of carbonyl (C=O) groups is 1. The van der Waals surface area contributed by atoms with E-state index >= 15 is 0 Å². The van der Waals surface area contributed by atoms with E-state index in [4.69, 9.17) is 4.74 Å². The van der Waals surface area contributed by atoms with Crippen LogP contribution in [-0.2, 0) is 16.8 Å². The van der Waals surface area contributed by atoms with Gasteiger partial charge in [0, 0.05) is 6.54 Å². The van der Waals surface area contributed by atoms with Crippen LogP contribution in [0.3, 0.4) is 0 Å². The normalized spacial score (nSPS) is 12.6. The van der Waals surface area contributed by atoms with Crippen molar-refractivity contribution in [3.63, 3.8) is 0 Å². The Morgan fingerprint density at radius 1 is 0.963 bits per heavy atom. The molecule has 0 unspecified atom stereocenters. The molecule has 140 valence electrons. The Balaban J connectivity index is 1.61. The van der Waals surface area contributed by atoms with Crippen molar-refractivity contribution in [3.8, 4) is 5.75 Å². The van der Waals surface area contributed by atoms with Crippen molar-refractivity contribution in [1.82, 2.24) is 5.32 Å². The lowest BCUT2D eigenvalue weighted by atomic mass is 9.87. The topological polar surface area (TPSA) is 38.3 Å². The highest BCUT2D eigenvalue weighted by atomic mass is 16.5. The number of hydrogen-bond acceptors (Lipinski definition) is 2. The second-order valence-corrected chi connectivity index (χ2v) is 7.89. The summed E-state index contributed by atoms with van der Waals surface area (Å²) < 4.78 is 5.81. The first-order valence-electron chi connectivity index (χ1n) is 9.36. The van der Waals surface area contributed by atoms with Gasteiger partial charge in [-0.05, 0) is 46.4 Å². The van der Waals surface area contributed by atoms with E-state index in [9.17, 15) is 4.79 Å². The molecule has 3 aromatic rings. The third-order valence-corrected chi connectivity index (χ3v) is 4.74. The summed E-state index contributed by atoms with van der Waals surface area (Å²) in [5, 5.41) is 5.32. The summed E-state index contributed by atoms with van der Waals surface area (Å²) in [5.41, 5.74) is 2.44. The van der Waals surface area contributed by atoms with Gasteiger partial charge in [0.05, 0.1) is 0 Å². The van der Waals surface area contributed by atoms with Crippen LogP contribution in [-0.4, -0.2) is 12.0 Å². The first-order chi connectivity index (χ1) is 12.8. The van der Waals surface area contributed by atoms with Crippen LogP contribution in [0, 0.1) is 0 Å². The van der Waals surface area contributed by atoms with Gasteiger partial charge in [-0.2, -0.15) is 0 Å². The minimum Gasteiger partial charge on any atom is -0.481 e. The quantitative estimate of drug-likeness (QED) is 0.676. The fraction of sp³-hybridized carbons (Fsp3) is 0.292. The number of fused-ring (bicyclic) bond motifs is 1. The summed E-state index contributed by atoms with van der Waals surface area (Å²) in [6.45, 7) is 8.78. The Bertz CT molecular complexity index is 918. The Labute approximate surface area is 161 Å². The van der Waals surface area contributed by atoms with E-state index in [1.807, 2.05) is 36.4 Å². The van der Waals surface area contributed by atoms with E-state index in [-0.39, 0.29) is 11.3 Å². The molecule has 0 aliphatic carbocycles. The van der Waals surface area contributed by atoms with Gasteiger partial charge in [0.15, 0.2) is 6.10 Å². The predicted octanol–water partition coefficient (Wildman–Crippen LogP) is 5.22. The molecule has 1 amide bonds. The van der Waals surface area contributed by atoms with Gasteiger partial charge in [-0.1, -0.05) is 75.4 Å². The molecule has 0 spiro atoms. The van der Waals surface area contributed by atoms with E-state index in [2.05, 4.69) is 56.4 Å². The predicted molar refractivity (Wildman–Crippen MR) is 111 cm³/mol. The summed E-state index contributed by atoms with van der Waals surface area (Å²) in [6, 6.07) is 22.3. The molecular weight excluding hydrogens is 334 g/mol. The van der Waals surface area contributed by atoms with Crippen LogP contribution in [0.25, 0.3) is 10.8 Å². The first-order valence-corrected chi connectivity index (χ1v) is 9.36. The molecule has 3 nitrogen and oxygen atoms in total. The molecule has 3 heteroatoms. The fourth-order valence-corrected chi connectivity index (χ4v) is 3.06. The van der Waals surface area contributed by atoms with Gasteiger partial charge in [-0.15, -0.1) is 0 Å². The van der Waals surface area contributed by atoms with Gasteiger partial charge in [0.2, 0.25) is 0 Å². The van der Waals surface area contributed by atoms with Gasteiger partial charge in [0.25, 0.3) is 5.91 Å². The second-order valence-electron chi connectivity index (χ2n) is 7.89. The fourth-order valence-electron chi connectivity index (χ4n) is 3.06. The monoisotopic (exact) mass is 361 g/mol. The molecule has 0 heterocycles. The summed E-state index contributed by atoms with van der Waals surface area (Å²) in [7, 11) is 0. The lowest BCUT2D eigenvalue weighted by Crippen LogP contribution is -2.35. The SMILES string of the molecule is C[C@@H](Oc1ccc(C(C)(C)C)cc1)C(=O)NCc1cccc2ccccc12. The van der Waals surface area contributed by atoms with Gasteiger partial charge in [0.1, 0.15) is 5.75 Å². The molecule has 3 aromatic carbocycles. The smallest absolute Gasteiger partial charge is 0.261 e. The minimum absolute atomic E-state index is 0.0972. The molecule has 0 aliphatic heterocycles. The van der Waals surface area contributed by atoms with Crippen molar-refractivity contribution in [2.24, 2.45) is 0 Å². The molecule has 0 saturated carbocycles. The maximum Gasteiger partial charge on any atom is 0.261 e. The number of benzene rings is 3. The van der Waals surface area contributed by atoms with E-state index in [1.54, 1.807) is 6.92 Å². The van der Waals surface area contributed by atoms with Crippen molar-refractivity contribution in [2.45, 2.75) is 45.8 Å². The molecular formula is C24H27NO2. The highest BCUT2D eigenvalue weighted by Gasteiger charge is 2.16. The maximum atomic E-state index is 12.4. The molecule has 0 fully saturated rings. The molecule has 0 saturated heterocycles. The zero-order chi connectivity index (χ0) is 19.4. The Morgan fingerprint density at radius 2 is 1.63 bits per heavy atom. The molecule has 1 N–H and O–H groups in total. The standard InChI is InChI=1S/C24H27NO2/c1-17(27-21-14-12-20(13-15-21)24(2,3)4)23(26)25-16-19-10-7-9-18-8-5-6-11-22(18)19/h5-15,17H,16H2,1-4H3,(H,25,26)/t17-/m1/s1. The molecule has 0 aromatic heterocycles. The van der Waals surface area contributed by atoms with Crippen LogP contribution >= 0.6 is 0 Å². The van der Waals surface area contributed by atoms with Crippen molar-refractivity contribution in [3.05, 3.63) is 77.9 Å². The third-order valence-electron chi connectivity index (χ3n) is 4.74. The summed E-state index contributed by atoms with van der Waals surface area (Å²) >= 11 is 0. The van der Waals surface area contributed by atoms with Crippen LogP contribution in [0.1, 0.15) is 38.8 Å². The van der Waals surface area contributed by atoms with Gasteiger partial charge in [-0.3, -0.25) is 4.79 Å². The Morgan fingerprint density at radius 3 is 2.33 bits per heavy atom. The summed E-state index contributed by atoms with van der Waals surface area (Å²) in [6.07, 6.45) is -0.555. The van der Waals surface area contributed by atoms with Crippen molar-refractivity contribution >= 4 is 16.7 Å². The number of nitrogens with one attached hydrogen (secondary N) is 1. The summed E-state index contributed by atoms with van der Waals surface area (Å²) in [5.74, 6) is 0.582. The highest BCUT2D eigenvalue weighted by Crippen LogP contribution is 2.24. The average molecular weight is 361 g/mol. The maximum absolute atomic E-state index is 12.4. The van der Waals surface area contributed by atoms with Crippen LogP contribution in [0.15, 0.2) is 66.7 Å². The van der Waals surface area contributed by atoms with Crippen LogP contribution in [0.4, 0.5) is 0 Å². The number of amides is 1. The van der Waals surface area contributed by atoms with Crippen molar-refractivity contribution in [1.29, 1.82) is 0 Å². The molecule has 27 heavy (non-hydrogen) atoms. The van der Waals surface area contributed by atoms with E-state index in [0.717, 1.165) is 10.9 Å². The zero-order valence-electron chi connectivity index (χ0n) is 16.5. The number of carbonyl (C=O) groups excluding carboxylic acids is 1. The lowest BCUT2D eigenvalue weighted by Gasteiger charge is -2.20. The van der Waals surface area contributed by atoms with Gasteiger partial charge >= 0.3 is 0 Å². The molecule has 1 atom stereocenters. The molecule has 0 bridgehead atoms. The van der Waals surface area contributed by atoms with E-state index < -0.39 is 6.10 Å².